The molecule has 2 rings (SSSR count). The van der Waals surface area contributed by atoms with Crippen molar-refractivity contribution < 1.29 is 13.2 Å². The van der Waals surface area contributed by atoms with Crippen LogP contribution in [0.2, 0.25) is 0 Å². The van der Waals surface area contributed by atoms with Crippen LogP contribution in [0.15, 0.2) is 45.8 Å². The van der Waals surface area contributed by atoms with Gasteiger partial charge in [-0.1, -0.05) is 0 Å². The minimum atomic E-state index is -3.19. The fraction of sp³-hybridized carbons (Fsp3) is 0.143. The Morgan fingerprint density at radius 2 is 1.75 bits per heavy atom. The molecule has 0 unspecified atom stereocenters. The lowest BCUT2D eigenvalue weighted by Crippen LogP contribution is -1.96. The first kappa shape index (κ1) is 14.9. The van der Waals surface area contributed by atoms with E-state index in [0.29, 0.717) is 17.2 Å². The van der Waals surface area contributed by atoms with Crippen LogP contribution in [-0.2, 0) is 9.84 Å². The first-order valence-corrected chi connectivity index (χ1v) is 8.49. The maximum absolute atomic E-state index is 11.4. The quantitative estimate of drug-likeness (QED) is 0.854. The zero-order chi connectivity index (χ0) is 14.9. The van der Waals surface area contributed by atoms with Crippen LogP contribution in [0.5, 0.6) is 11.5 Å². The minimum Gasteiger partial charge on any atom is -0.456 e. The van der Waals surface area contributed by atoms with Gasteiger partial charge in [-0.05, 0) is 64.8 Å². The molecule has 0 heterocycles. The highest BCUT2D eigenvalue weighted by Gasteiger charge is 2.09. The molecule has 6 heteroatoms. The predicted molar refractivity (Wildman–Crippen MR) is 82.9 cm³/mol. The zero-order valence-corrected chi connectivity index (χ0v) is 13.5. The molecular weight excluding hydrogens is 342 g/mol. The summed E-state index contributed by atoms with van der Waals surface area (Å²) in [6, 6.07) is 9.87. The molecule has 0 amide bonds. The third-order valence-electron chi connectivity index (χ3n) is 2.80. The molecule has 0 fully saturated rings. The first-order chi connectivity index (χ1) is 9.27. The van der Waals surface area contributed by atoms with E-state index in [1.807, 2.05) is 13.0 Å². The van der Waals surface area contributed by atoms with Crippen LogP contribution in [0.3, 0.4) is 0 Å². The van der Waals surface area contributed by atoms with Crippen LogP contribution in [-0.4, -0.2) is 14.7 Å². The molecule has 0 bridgehead atoms. The van der Waals surface area contributed by atoms with Gasteiger partial charge >= 0.3 is 0 Å². The number of anilines is 1. The molecule has 0 aliphatic heterocycles. The van der Waals surface area contributed by atoms with Gasteiger partial charge in [0, 0.05) is 11.9 Å². The third-order valence-corrected chi connectivity index (χ3v) is 4.55. The van der Waals surface area contributed by atoms with Crippen molar-refractivity contribution in [1.82, 2.24) is 0 Å². The molecule has 106 valence electrons. The van der Waals surface area contributed by atoms with E-state index in [1.54, 1.807) is 18.2 Å². The van der Waals surface area contributed by atoms with E-state index in [9.17, 15) is 8.42 Å². The minimum absolute atomic E-state index is 0.261. The van der Waals surface area contributed by atoms with Crippen molar-refractivity contribution in [3.05, 3.63) is 46.4 Å². The number of aryl methyl sites for hydroxylation is 1. The van der Waals surface area contributed by atoms with Crippen molar-refractivity contribution in [2.24, 2.45) is 0 Å². The molecule has 2 aromatic rings. The van der Waals surface area contributed by atoms with Crippen LogP contribution in [0.1, 0.15) is 5.56 Å². The summed E-state index contributed by atoms with van der Waals surface area (Å²) in [5.41, 5.74) is 7.39. The lowest BCUT2D eigenvalue weighted by atomic mass is 10.2. The Bertz CT molecular complexity index is 740. The maximum Gasteiger partial charge on any atom is 0.175 e. The lowest BCUT2D eigenvalue weighted by molar-refractivity contribution is 0.479. The molecule has 0 atom stereocenters. The van der Waals surface area contributed by atoms with Gasteiger partial charge in [0.05, 0.1) is 9.37 Å². The smallest absolute Gasteiger partial charge is 0.175 e. The summed E-state index contributed by atoms with van der Waals surface area (Å²) in [5.74, 6) is 1.19. The Hall–Kier alpha value is -1.53. The number of rotatable bonds is 3. The first-order valence-electron chi connectivity index (χ1n) is 5.81. The maximum atomic E-state index is 11.4. The summed E-state index contributed by atoms with van der Waals surface area (Å²) >= 11 is 3.38. The monoisotopic (exact) mass is 355 g/mol. The highest BCUT2D eigenvalue weighted by atomic mass is 79.9. The van der Waals surface area contributed by atoms with E-state index in [4.69, 9.17) is 10.5 Å². The lowest BCUT2D eigenvalue weighted by Gasteiger charge is -2.10. The van der Waals surface area contributed by atoms with Crippen molar-refractivity contribution in [2.45, 2.75) is 11.8 Å². The summed E-state index contributed by atoms with van der Waals surface area (Å²) in [4.78, 5) is 0.261. The van der Waals surface area contributed by atoms with E-state index < -0.39 is 9.84 Å². The summed E-state index contributed by atoms with van der Waals surface area (Å²) in [6.07, 6.45) is 1.17. The molecule has 0 spiro atoms. The van der Waals surface area contributed by atoms with E-state index in [1.165, 1.54) is 18.4 Å². The van der Waals surface area contributed by atoms with Gasteiger partial charge in [0.15, 0.2) is 9.84 Å². The molecule has 4 nitrogen and oxygen atoms in total. The summed E-state index contributed by atoms with van der Waals surface area (Å²) in [7, 11) is -3.19. The number of benzene rings is 2. The van der Waals surface area contributed by atoms with Gasteiger partial charge in [-0.25, -0.2) is 8.42 Å². The average molecular weight is 356 g/mol. The molecular formula is C14H14BrNO3S. The number of nitrogen functional groups attached to an aromatic ring is 1. The Morgan fingerprint density at radius 3 is 2.30 bits per heavy atom. The molecule has 0 aromatic heterocycles. The van der Waals surface area contributed by atoms with E-state index in [2.05, 4.69) is 15.9 Å². The number of sulfone groups is 1. The Labute approximate surface area is 126 Å². The molecule has 0 saturated carbocycles. The van der Waals surface area contributed by atoms with Crippen molar-refractivity contribution in [3.8, 4) is 11.5 Å². The fourth-order valence-electron chi connectivity index (χ4n) is 1.63. The molecule has 0 aliphatic rings. The van der Waals surface area contributed by atoms with Crippen LogP contribution in [0, 0.1) is 6.92 Å². The second kappa shape index (κ2) is 5.46. The number of nitrogens with two attached hydrogens (primary N) is 1. The van der Waals surface area contributed by atoms with Gasteiger partial charge in [0.2, 0.25) is 0 Å². The number of ether oxygens (including phenoxy) is 1. The summed E-state index contributed by atoms with van der Waals surface area (Å²) < 4.78 is 29.2. The fourth-order valence-corrected chi connectivity index (χ4v) is 2.70. The van der Waals surface area contributed by atoms with Crippen LogP contribution >= 0.6 is 15.9 Å². The van der Waals surface area contributed by atoms with E-state index in [-0.39, 0.29) is 4.90 Å². The Kier molecular flexibility index (Phi) is 4.06. The number of hydrogen-bond acceptors (Lipinski definition) is 4. The van der Waals surface area contributed by atoms with Crippen molar-refractivity contribution in [1.29, 1.82) is 0 Å². The third kappa shape index (κ3) is 3.32. The number of hydrogen-bond donors (Lipinski definition) is 1. The normalized spacial score (nSPS) is 11.3. The summed E-state index contributed by atoms with van der Waals surface area (Å²) in [5, 5.41) is 0. The SMILES string of the molecule is Cc1cc(Oc2ccc(S(C)(=O)=O)cc2)c(Br)cc1N. The summed E-state index contributed by atoms with van der Waals surface area (Å²) in [6.45, 7) is 1.89. The van der Waals surface area contributed by atoms with E-state index >= 15 is 0 Å². The standard InChI is InChI=1S/C14H14BrNO3S/c1-9-7-14(12(15)8-13(9)16)19-10-3-5-11(6-4-10)20(2,17)18/h3-8H,16H2,1-2H3. The van der Waals surface area contributed by atoms with Gasteiger partial charge in [-0.2, -0.15) is 0 Å². The van der Waals surface area contributed by atoms with Gasteiger partial charge in [-0.15, -0.1) is 0 Å². The second-order valence-corrected chi connectivity index (χ2v) is 7.35. The highest BCUT2D eigenvalue weighted by Crippen LogP contribution is 2.33. The van der Waals surface area contributed by atoms with Gasteiger partial charge in [-0.3, -0.25) is 0 Å². The number of halogens is 1. The van der Waals surface area contributed by atoms with Crippen LogP contribution in [0.4, 0.5) is 5.69 Å². The topological polar surface area (TPSA) is 69.4 Å². The van der Waals surface area contributed by atoms with Gasteiger partial charge in [0.25, 0.3) is 0 Å². The highest BCUT2D eigenvalue weighted by molar-refractivity contribution is 9.10. The average Bonchev–Trinajstić information content (AvgIpc) is 2.35. The Morgan fingerprint density at radius 1 is 1.15 bits per heavy atom. The molecule has 0 saturated heterocycles. The van der Waals surface area contributed by atoms with Crippen molar-refractivity contribution >= 4 is 31.5 Å². The predicted octanol–water partition coefficient (Wildman–Crippen LogP) is 3.54. The van der Waals surface area contributed by atoms with Gasteiger partial charge < -0.3 is 10.5 Å². The van der Waals surface area contributed by atoms with E-state index in [0.717, 1.165) is 10.0 Å². The van der Waals surface area contributed by atoms with Crippen LogP contribution in [0.25, 0.3) is 0 Å². The van der Waals surface area contributed by atoms with Gasteiger partial charge in [0.1, 0.15) is 11.5 Å². The largest absolute Gasteiger partial charge is 0.456 e. The van der Waals surface area contributed by atoms with Crippen LogP contribution < -0.4 is 10.5 Å². The molecule has 0 radical (unpaired) electrons. The van der Waals surface area contributed by atoms with Crippen molar-refractivity contribution in [3.63, 3.8) is 0 Å². The molecule has 0 aliphatic carbocycles. The second-order valence-electron chi connectivity index (χ2n) is 4.48. The molecule has 2 aromatic carbocycles. The molecule has 20 heavy (non-hydrogen) atoms. The zero-order valence-electron chi connectivity index (χ0n) is 11.1. The van der Waals surface area contributed by atoms with Crippen molar-refractivity contribution in [2.75, 3.05) is 12.0 Å². The molecule has 2 N–H and O–H groups in total. The Balaban J connectivity index is 2.29.